The van der Waals surface area contributed by atoms with Crippen molar-refractivity contribution in [2.24, 2.45) is 0 Å². The fraction of sp³-hybridized carbons (Fsp3) is 0.400. The van der Waals surface area contributed by atoms with Crippen molar-refractivity contribution in [1.82, 2.24) is 5.32 Å². The molecular formula is C10H13BrClNO. The largest absolute Gasteiger partial charge is 0.496 e. The molecule has 0 aromatic heterocycles. The zero-order valence-corrected chi connectivity index (χ0v) is 10.5. The van der Waals surface area contributed by atoms with E-state index in [1.165, 1.54) is 0 Å². The number of methoxy groups -OCH3 is 1. The van der Waals surface area contributed by atoms with Crippen molar-refractivity contribution in [3.63, 3.8) is 0 Å². The van der Waals surface area contributed by atoms with Crippen LogP contribution < -0.4 is 10.1 Å². The summed E-state index contributed by atoms with van der Waals surface area (Å²) in [6, 6.07) is 6.01. The Morgan fingerprint density at radius 1 is 1.57 bits per heavy atom. The predicted molar refractivity (Wildman–Crippen MR) is 63.2 cm³/mol. The van der Waals surface area contributed by atoms with Gasteiger partial charge in [0.25, 0.3) is 0 Å². The van der Waals surface area contributed by atoms with Gasteiger partial charge in [0.1, 0.15) is 5.75 Å². The lowest BCUT2D eigenvalue weighted by atomic mass is 10.1. The molecule has 78 valence electrons. The van der Waals surface area contributed by atoms with Gasteiger partial charge in [0.05, 0.1) is 7.11 Å². The molecule has 0 aliphatic heterocycles. The van der Waals surface area contributed by atoms with E-state index in [-0.39, 0.29) is 6.04 Å². The standard InChI is InChI=1S/C10H13BrClNO/c1-13-9(6-12)8-5-7(11)3-4-10(8)14-2/h3-5,9,13H,6H2,1-2H3. The zero-order chi connectivity index (χ0) is 10.6. The van der Waals surface area contributed by atoms with Crippen molar-refractivity contribution in [3.8, 4) is 5.75 Å². The van der Waals surface area contributed by atoms with Crippen LogP contribution in [0.3, 0.4) is 0 Å². The van der Waals surface area contributed by atoms with E-state index in [0.29, 0.717) is 5.88 Å². The Balaban J connectivity index is 3.08. The maximum absolute atomic E-state index is 5.85. The first kappa shape index (κ1) is 11.8. The third-order valence-corrected chi connectivity index (χ3v) is 2.87. The molecule has 0 spiro atoms. The van der Waals surface area contributed by atoms with E-state index in [4.69, 9.17) is 16.3 Å². The van der Waals surface area contributed by atoms with Crippen LogP contribution in [0.2, 0.25) is 0 Å². The molecule has 1 aromatic rings. The highest BCUT2D eigenvalue weighted by molar-refractivity contribution is 9.10. The number of rotatable bonds is 4. The van der Waals surface area contributed by atoms with E-state index in [2.05, 4.69) is 21.2 Å². The third kappa shape index (κ3) is 2.62. The first-order valence-electron chi connectivity index (χ1n) is 4.29. The maximum atomic E-state index is 5.85. The number of benzene rings is 1. The normalized spacial score (nSPS) is 12.6. The lowest BCUT2D eigenvalue weighted by molar-refractivity contribution is 0.404. The topological polar surface area (TPSA) is 21.3 Å². The number of hydrogen-bond acceptors (Lipinski definition) is 2. The average molecular weight is 279 g/mol. The highest BCUT2D eigenvalue weighted by Gasteiger charge is 2.13. The molecule has 0 aliphatic carbocycles. The molecule has 0 amide bonds. The number of hydrogen-bond donors (Lipinski definition) is 1. The fourth-order valence-electron chi connectivity index (χ4n) is 1.29. The first-order valence-corrected chi connectivity index (χ1v) is 5.62. The molecule has 0 aliphatic rings. The van der Waals surface area contributed by atoms with Crippen molar-refractivity contribution in [2.45, 2.75) is 6.04 Å². The summed E-state index contributed by atoms with van der Waals surface area (Å²) in [6.45, 7) is 0. The van der Waals surface area contributed by atoms with Crippen LogP contribution in [0.1, 0.15) is 11.6 Å². The Morgan fingerprint density at radius 2 is 2.29 bits per heavy atom. The molecule has 1 aromatic carbocycles. The molecule has 0 saturated carbocycles. The Kier molecular flexibility index (Phi) is 4.72. The van der Waals surface area contributed by atoms with Gasteiger partial charge in [-0.15, -0.1) is 11.6 Å². The Hall–Kier alpha value is -0.250. The molecule has 0 saturated heterocycles. The summed E-state index contributed by atoms with van der Waals surface area (Å²) >= 11 is 9.28. The molecule has 1 atom stereocenters. The van der Waals surface area contributed by atoms with E-state index < -0.39 is 0 Å². The van der Waals surface area contributed by atoms with Gasteiger partial charge in [-0.25, -0.2) is 0 Å². The minimum atomic E-state index is 0.115. The lowest BCUT2D eigenvalue weighted by Gasteiger charge is -2.17. The first-order chi connectivity index (χ1) is 6.72. The van der Waals surface area contributed by atoms with Gasteiger partial charge in [-0.05, 0) is 25.2 Å². The smallest absolute Gasteiger partial charge is 0.123 e. The summed E-state index contributed by atoms with van der Waals surface area (Å²) in [5.74, 6) is 1.37. The van der Waals surface area contributed by atoms with Gasteiger partial charge in [-0.1, -0.05) is 15.9 Å². The number of ether oxygens (including phenoxy) is 1. The number of nitrogens with one attached hydrogen (secondary N) is 1. The van der Waals surface area contributed by atoms with E-state index in [1.54, 1.807) is 7.11 Å². The summed E-state index contributed by atoms with van der Waals surface area (Å²) in [4.78, 5) is 0. The van der Waals surface area contributed by atoms with Crippen LogP contribution in [0.15, 0.2) is 22.7 Å². The zero-order valence-electron chi connectivity index (χ0n) is 8.18. The summed E-state index contributed by atoms with van der Waals surface area (Å²) in [5, 5.41) is 3.14. The Bertz CT molecular complexity index is 302. The molecule has 1 rings (SSSR count). The summed E-state index contributed by atoms with van der Waals surface area (Å²) in [5.41, 5.74) is 1.07. The predicted octanol–water partition coefficient (Wildman–Crippen LogP) is 2.96. The van der Waals surface area contributed by atoms with Gasteiger partial charge in [-0.2, -0.15) is 0 Å². The Morgan fingerprint density at radius 3 is 2.79 bits per heavy atom. The molecule has 4 heteroatoms. The van der Waals surface area contributed by atoms with E-state index in [9.17, 15) is 0 Å². The molecule has 0 heterocycles. The second-order valence-corrected chi connectivity index (χ2v) is 4.11. The fourth-order valence-corrected chi connectivity index (χ4v) is 1.99. The van der Waals surface area contributed by atoms with Crippen LogP contribution >= 0.6 is 27.5 Å². The Labute approximate surface area is 97.7 Å². The van der Waals surface area contributed by atoms with Crippen molar-refractivity contribution in [2.75, 3.05) is 20.0 Å². The quantitative estimate of drug-likeness (QED) is 0.855. The molecule has 0 bridgehead atoms. The second-order valence-electron chi connectivity index (χ2n) is 2.88. The number of alkyl halides is 1. The lowest BCUT2D eigenvalue weighted by Crippen LogP contribution is -2.18. The SMILES string of the molecule is CNC(CCl)c1cc(Br)ccc1OC. The van der Waals surface area contributed by atoms with Crippen LogP contribution in [0.5, 0.6) is 5.75 Å². The van der Waals surface area contributed by atoms with E-state index in [0.717, 1.165) is 15.8 Å². The van der Waals surface area contributed by atoms with Crippen LogP contribution in [0.25, 0.3) is 0 Å². The van der Waals surface area contributed by atoms with Crippen LogP contribution in [0.4, 0.5) is 0 Å². The molecule has 14 heavy (non-hydrogen) atoms. The van der Waals surface area contributed by atoms with Crippen molar-refractivity contribution in [3.05, 3.63) is 28.2 Å². The van der Waals surface area contributed by atoms with Crippen molar-refractivity contribution in [1.29, 1.82) is 0 Å². The highest BCUT2D eigenvalue weighted by Crippen LogP contribution is 2.28. The van der Waals surface area contributed by atoms with Crippen LogP contribution in [-0.2, 0) is 0 Å². The van der Waals surface area contributed by atoms with Gasteiger partial charge in [0.2, 0.25) is 0 Å². The monoisotopic (exact) mass is 277 g/mol. The molecule has 2 nitrogen and oxygen atoms in total. The molecule has 0 radical (unpaired) electrons. The maximum Gasteiger partial charge on any atom is 0.123 e. The molecule has 1 N–H and O–H groups in total. The summed E-state index contributed by atoms with van der Waals surface area (Å²) < 4.78 is 6.29. The summed E-state index contributed by atoms with van der Waals surface area (Å²) in [6.07, 6.45) is 0. The molecular weight excluding hydrogens is 265 g/mol. The van der Waals surface area contributed by atoms with Gasteiger partial charge in [0.15, 0.2) is 0 Å². The van der Waals surface area contributed by atoms with Crippen LogP contribution in [-0.4, -0.2) is 20.0 Å². The minimum Gasteiger partial charge on any atom is -0.496 e. The minimum absolute atomic E-state index is 0.115. The van der Waals surface area contributed by atoms with E-state index >= 15 is 0 Å². The number of halogens is 2. The van der Waals surface area contributed by atoms with Gasteiger partial charge in [0, 0.05) is 22.0 Å². The second kappa shape index (κ2) is 5.59. The van der Waals surface area contributed by atoms with Crippen molar-refractivity contribution < 1.29 is 4.74 Å². The van der Waals surface area contributed by atoms with Crippen molar-refractivity contribution >= 4 is 27.5 Å². The van der Waals surface area contributed by atoms with Gasteiger partial charge >= 0.3 is 0 Å². The van der Waals surface area contributed by atoms with Crippen LogP contribution in [0, 0.1) is 0 Å². The molecule has 0 fully saturated rings. The highest BCUT2D eigenvalue weighted by atomic mass is 79.9. The third-order valence-electron chi connectivity index (χ3n) is 2.07. The van der Waals surface area contributed by atoms with E-state index in [1.807, 2.05) is 25.2 Å². The molecule has 1 unspecified atom stereocenters. The van der Waals surface area contributed by atoms with Gasteiger partial charge in [-0.3, -0.25) is 0 Å². The average Bonchev–Trinajstić information content (AvgIpc) is 2.20. The summed E-state index contributed by atoms with van der Waals surface area (Å²) in [7, 11) is 3.54. The van der Waals surface area contributed by atoms with Gasteiger partial charge < -0.3 is 10.1 Å².